The lowest BCUT2D eigenvalue weighted by atomic mass is 9.51. The van der Waals surface area contributed by atoms with Gasteiger partial charge in [-0.15, -0.1) is 0 Å². The Hall–Kier alpha value is -1.14. The van der Waals surface area contributed by atoms with Crippen LogP contribution in [0.25, 0.3) is 0 Å². The van der Waals surface area contributed by atoms with Crippen LogP contribution in [-0.2, 0) is 17.8 Å². The summed E-state index contributed by atoms with van der Waals surface area (Å²) in [4.78, 5) is 2.44. The largest absolute Gasteiger partial charge is 0.496 e. The van der Waals surface area contributed by atoms with E-state index in [-0.39, 0.29) is 5.54 Å². The van der Waals surface area contributed by atoms with Gasteiger partial charge in [0.25, 0.3) is 0 Å². The Morgan fingerprint density at radius 2 is 1.93 bits per heavy atom. The molecule has 0 aromatic heterocycles. The summed E-state index contributed by atoms with van der Waals surface area (Å²) in [5.74, 6) is 2.40. The molecule has 2 unspecified atom stereocenters. The van der Waals surface area contributed by atoms with E-state index < -0.39 is 5.60 Å². The van der Waals surface area contributed by atoms with Crippen molar-refractivity contribution in [3.63, 3.8) is 0 Å². The van der Waals surface area contributed by atoms with Gasteiger partial charge in [0.1, 0.15) is 5.75 Å². The van der Waals surface area contributed by atoms with Crippen LogP contribution in [0.1, 0.15) is 49.7 Å². The van der Waals surface area contributed by atoms with Gasteiger partial charge >= 0.3 is 0 Å². The summed E-state index contributed by atoms with van der Waals surface area (Å²) in [7, 11) is 1.76. The van der Waals surface area contributed by atoms with E-state index in [1.807, 2.05) is 0 Å². The zero-order valence-electron chi connectivity index (χ0n) is 17.1. The molecule has 5 heteroatoms. The van der Waals surface area contributed by atoms with Gasteiger partial charge in [-0.1, -0.05) is 6.07 Å². The molecule has 5 aliphatic rings. The number of ether oxygens (including phenoxy) is 2. The van der Waals surface area contributed by atoms with Gasteiger partial charge in [-0.05, 0) is 68.1 Å². The van der Waals surface area contributed by atoms with Crippen molar-refractivity contribution >= 4 is 0 Å². The molecule has 4 aliphatic carbocycles. The van der Waals surface area contributed by atoms with Crippen molar-refractivity contribution in [2.75, 3.05) is 33.4 Å². The number of hydrogen-bond acceptors (Lipinski definition) is 5. The molecule has 1 aliphatic heterocycles. The number of hydrogen-bond donors (Lipinski definition) is 2. The van der Waals surface area contributed by atoms with Crippen LogP contribution < -0.4 is 10.1 Å². The molecule has 0 radical (unpaired) electrons. The first-order chi connectivity index (χ1) is 13.5. The van der Waals surface area contributed by atoms with Gasteiger partial charge in [-0.2, -0.15) is 0 Å². The maximum absolute atomic E-state index is 11.0. The van der Waals surface area contributed by atoms with Crippen molar-refractivity contribution in [2.24, 2.45) is 11.8 Å². The molecule has 1 aromatic carbocycles. The molecule has 0 amide bonds. The average molecular weight is 387 g/mol. The number of nitrogens with one attached hydrogen (secondary N) is 1. The Kier molecular flexibility index (Phi) is 4.90. The summed E-state index contributed by atoms with van der Waals surface area (Å²) >= 11 is 0. The average Bonchev–Trinajstić information content (AvgIpc) is 2.65. The lowest BCUT2D eigenvalue weighted by Gasteiger charge is -2.60. The lowest BCUT2D eigenvalue weighted by molar-refractivity contribution is -0.142. The maximum Gasteiger partial charge on any atom is 0.123 e. The Bertz CT molecular complexity index is 702. The van der Waals surface area contributed by atoms with Crippen LogP contribution in [0, 0.1) is 11.8 Å². The Labute approximate surface area is 168 Å². The zero-order valence-corrected chi connectivity index (χ0v) is 17.1. The molecule has 2 N–H and O–H groups in total. The van der Waals surface area contributed by atoms with Crippen molar-refractivity contribution in [1.29, 1.82) is 0 Å². The molecule has 28 heavy (non-hydrogen) atoms. The predicted octanol–water partition coefficient (Wildman–Crippen LogP) is 2.70. The molecule has 1 heterocycles. The first kappa shape index (κ1) is 18.9. The van der Waals surface area contributed by atoms with Gasteiger partial charge in [0.05, 0.1) is 25.9 Å². The van der Waals surface area contributed by atoms with Crippen LogP contribution in [0.4, 0.5) is 0 Å². The molecule has 0 spiro atoms. The van der Waals surface area contributed by atoms with E-state index in [1.54, 1.807) is 7.11 Å². The van der Waals surface area contributed by atoms with E-state index in [1.165, 1.54) is 30.4 Å². The van der Waals surface area contributed by atoms with E-state index in [2.05, 4.69) is 28.4 Å². The summed E-state index contributed by atoms with van der Waals surface area (Å²) in [6.45, 7) is 5.38. The summed E-state index contributed by atoms with van der Waals surface area (Å²) in [6, 6.07) is 6.60. The number of nitrogens with zero attached hydrogens (tertiary/aromatic N) is 1. The number of benzene rings is 1. The summed E-state index contributed by atoms with van der Waals surface area (Å²) in [5.41, 5.74) is 2.31. The molecule has 4 saturated carbocycles. The van der Waals surface area contributed by atoms with Gasteiger partial charge in [-0.25, -0.2) is 0 Å². The molecule has 1 aromatic rings. The first-order valence-corrected chi connectivity index (χ1v) is 11.0. The third kappa shape index (κ3) is 3.70. The third-order valence-electron chi connectivity index (χ3n) is 7.54. The summed E-state index contributed by atoms with van der Waals surface area (Å²) < 4.78 is 11.1. The van der Waals surface area contributed by atoms with E-state index in [0.29, 0.717) is 11.8 Å². The van der Waals surface area contributed by atoms with E-state index in [0.717, 1.165) is 64.4 Å². The van der Waals surface area contributed by atoms with E-state index in [9.17, 15) is 5.11 Å². The topological polar surface area (TPSA) is 54.0 Å². The van der Waals surface area contributed by atoms with E-state index >= 15 is 0 Å². The van der Waals surface area contributed by atoms with Crippen LogP contribution in [0.15, 0.2) is 18.2 Å². The fraction of sp³-hybridized carbons (Fsp3) is 0.739. The van der Waals surface area contributed by atoms with Gasteiger partial charge in [0.15, 0.2) is 0 Å². The highest BCUT2D eigenvalue weighted by Gasteiger charge is 2.56. The Morgan fingerprint density at radius 3 is 2.61 bits per heavy atom. The molecule has 4 bridgehead atoms. The Balaban J connectivity index is 1.28. The summed E-state index contributed by atoms with van der Waals surface area (Å²) in [6.07, 6.45) is 6.80. The molecule has 5 fully saturated rings. The third-order valence-corrected chi connectivity index (χ3v) is 7.54. The highest BCUT2D eigenvalue weighted by Crippen LogP contribution is 2.57. The highest BCUT2D eigenvalue weighted by molar-refractivity contribution is 5.37. The van der Waals surface area contributed by atoms with Crippen molar-refractivity contribution in [1.82, 2.24) is 10.2 Å². The zero-order chi connectivity index (χ0) is 19.2. The molecular formula is C23H34N2O3. The minimum atomic E-state index is -0.404. The normalized spacial score (nSPS) is 37.4. The standard InChI is InChI=1S/C23H34N2O3/c1-27-21-3-2-17(9-20(21)15-25-4-6-28-7-5-25)14-24-22-10-18-8-19(11-22)13-23(26,12-18)16-22/h2-3,9,18-19,24,26H,4-8,10-16H2,1H3. The number of aliphatic hydroxyl groups is 1. The van der Waals surface area contributed by atoms with Crippen molar-refractivity contribution in [3.8, 4) is 5.75 Å². The quantitative estimate of drug-likeness (QED) is 0.787. The van der Waals surface area contributed by atoms with Gasteiger partial charge in [-0.3, -0.25) is 4.90 Å². The van der Waals surface area contributed by atoms with Crippen LogP contribution in [0.2, 0.25) is 0 Å². The van der Waals surface area contributed by atoms with Crippen LogP contribution in [-0.4, -0.2) is 54.6 Å². The fourth-order valence-electron chi connectivity index (χ4n) is 6.78. The molecule has 154 valence electrons. The lowest BCUT2D eigenvalue weighted by Crippen LogP contribution is -2.64. The first-order valence-electron chi connectivity index (χ1n) is 11.0. The minimum absolute atomic E-state index is 0.142. The minimum Gasteiger partial charge on any atom is -0.496 e. The van der Waals surface area contributed by atoms with Crippen LogP contribution in [0.3, 0.4) is 0 Å². The number of methoxy groups -OCH3 is 1. The highest BCUT2D eigenvalue weighted by atomic mass is 16.5. The van der Waals surface area contributed by atoms with Crippen molar-refractivity contribution in [3.05, 3.63) is 29.3 Å². The number of rotatable bonds is 6. The molecule has 2 atom stereocenters. The number of morpholine rings is 1. The molecular weight excluding hydrogens is 352 g/mol. The van der Waals surface area contributed by atoms with Crippen molar-refractivity contribution < 1.29 is 14.6 Å². The predicted molar refractivity (Wildman–Crippen MR) is 108 cm³/mol. The van der Waals surface area contributed by atoms with Gasteiger partial charge < -0.3 is 19.9 Å². The summed E-state index contributed by atoms with van der Waals surface area (Å²) in [5, 5.41) is 14.9. The second-order valence-electron chi connectivity index (χ2n) is 9.85. The van der Waals surface area contributed by atoms with Crippen molar-refractivity contribution in [2.45, 2.75) is 62.8 Å². The fourth-order valence-corrected chi connectivity index (χ4v) is 6.78. The van der Waals surface area contributed by atoms with Crippen LogP contribution >= 0.6 is 0 Å². The molecule has 6 rings (SSSR count). The molecule has 1 saturated heterocycles. The van der Waals surface area contributed by atoms with Gasteiger partial charge in [0.2, 0.25) is 0 Å². The second kappa shape index (κ2) is 7.28. The Morgan fingerprint density at radius 1 is 1.18 bits per heavy atom. The second-order valence-corrected chi connectivity index (χ2v) is 9.85. The van der Waals surface area contributed by atoms with Crippen LogP contribution in [0.5, 0.6) is 5.75 Å². The smallest absolute Gasteiger partial charge is 0.123 e. The SMILES string of the molecule is COc1ccc(CNC23CC4CC(CC(O)(C4)C2)C3)cc1CN1CCOCC1. The van der Waals surface area contributed by atoms with E-state index in [4.69, 9.17) is 9.47 Å². The van der Waals surface area contributed by atoms with Gasteiger partial charge in [0, 0.05) is 37.3 Å². The monoisotopic (exact) mass is 386 g/mol. The molecule has 5 nitrogen and oxygen atoms in total. The maximum atomic E-state index is 11.0.